The molecule has 1 aromatic rings. The van der Waals surface area contributed by atoms with Gasteiger partial charge in [-0.15, -0.1) is 5.10 Å². The first-order valence-electron chi connectivity index (χ1n) is 2.51. The van der Waals surface area contributed by atoms with Gasteiger partial charge in [0.15, 0.2) is 4.60 Å². The Morgan fingerprint density at radius 2 is 2.18 bits per heavy atom. The molecule has 1 heterocycles. The molecule has 0 aromatic carbocycles. The highest BCUT2D eigenvalue weighted by molar-refractivity contribution is 9.10. The maximum absolute atomic E-state index is 10.8. The maximum Gasteiger partial charge on any atom is 0.258 e. The van der Waals surface area contributed by atoms with Crippen LogP contribution in [0.15, 0.2) is 9.63 Å². The van der Waals surface area contributed by atoms with Crippen LogP contribution < -0.4 is 5.14 Å². The third kappa shape index (κ3) is 1.57. The molecule has 8 heteroatoms. The van der Waals surface area contributed by atoms with E-state index in [1.54, 1.807) is 0 Å². The average Bonchev–Trinajstić information content (AvgIpc) is 2.08. The van der Waals surface area contributed by atoms with Crippen LogP contribution in [0.4, 0.5) is 0 Å². The van der Waals surface area contributed by atoms with Crippen molar-refractivity contribution in [3.8, 4) is 0 Å². The molecule has 0 aliphatic heterocycles. The Hall–Kier alpha value is -0.470. The Morgan fingerprint density at radius 1 is 1.64 bits per heavy atom. The van der Waals surface area contributed by atoms with Crippen LogP contribution in [0.3, 0.4) is 0 Å². The number of nitrogens with zero attached hydrogens (tertiary/aromatic N) is 3. The SMILES string of the molecule is Cn1nnc(Br)c1S(N)(=O)=O. The normalized spacial score (nSPS) is 11.9. The number of sulfonamides is 1. The lowest BCUT2D eigenvalue weighted by Crippen LogP contribution is -2.16. The van der Waals surface area contributed by atoms with Crippen LogP contribution in [-0.2, 0) is 17.1 Å². The largest absolute Gasteiger partial charge is 0.258 e. The number of hydrogen-bond acceptors (Lipinski definition) is 4. The number of halogens is 1. The molecular weight excluding hydrogens is 236 g/mol. The van der Waals surface area contributed by atoms with Crippen molar-refractivity contribution in [1.29, 1.82) is 0 Å². The molecule has 0 unspecified atom stereocenters. The van der Waals surface area contributed by atoms with Crippen LogP contribution in [0.5, 0.6) is 0 Å². The van der Waals surface area contributed by atoms with Gasteiger partial charge < -0.3 is 0 Å². The van der Waals surface area contributed by atoms with Gasteiger partial charge in [-0.2, -0.15) is 0 Å². The van der Waals surface area contributed by atoms with Gasteiger partial charge in [-0.25, -0.2) is 18.2 Å². The van der Waals surface area contributed by atoms with E-state index in [0.29, 0.717) is 0 Å². The summed E-state index contributed by atoms with van der Waals surface area (Å²) >= 11 is 2.90. The molecule has 1 rings (SSSR count). The fourth-order valence-corrected chi connectivity index (χ4v) is 2.31. The van der Waals surface area contributed by atoms with Crippen molar-refractivity contribution in [2.75, 3.05) is 0 Å². The molecule has 0 saturated heterocycles. The van der Waals surface area contributed by atoms with Crippen LogP contribution in [0.2, 0.25) is 0 Å². The van der Waals surface area contributed by atoms with E-state index >= 15 is 0 Å². The van der Waals surface area contributed by atoms with Gasteiger partial charge in [-0.3, -0.25) is 0 Å². The fourth-order valence-electron chi connectivity index (χ4n) is 0.625. The summed E-state index contributed by atoms with van der Waals surface area (Å²) < 4.78 is 22.8. The highest BCUT2D eigenvalue weighted by atomic mass is 79.9. The second kappa shape index (κ2) is 2.54. The summed E-state index contributed by atoms with van der Waals surface area (Å²) in [5.41, 5.74) is 0. The van der Waals surface area contributed by atoms with Gasteiger partial charge in [0.25, 0.3) is 10.0 Å². The van der Waals surface area contributed by atoms with E-state index in [9.17, 15) is 8.42 Å². The van der Waals surface area contributed by atoms with E-state index in [0.717, 1.165) is 4.68 Å². The van der Waals surface area contributed by atoms with E-state index < -0.39 is 10.0 Å². The molecule has 62 valence electrons. The van der Waals surface area contributed by atoms with E-state index in [1.807, 2.05) is 0 Å². The second-order valence-corrected chi connectivity index (χ2v) is 4.08. The van der Waals surface area contributed by atoms with Crippen molar-refractivity contribution in [3.63, 3.8) is 0 Å². The predicted octanol–water partition coefficient (Wildman–Crippen LogP) is -0.775. The number of aromatic nitrogens is 3. The Balaban J connectivity index is 3.45. The fraction of sp³-hybridized carbons (Fsp3) is 0.333. The van der Waals surface area contributed by atoms with E-state index in [2.05, 4.69) is 26.2 Å². The number of primary sulfonamides is 1. The van der Waals surface area contributed by atoms with E-state index in [1.165, 1.54) is 7.05 Å². The highest BCUT2D eigenvalue weighted by Crippen LogP contribution is 2.15. The Morgan fingerprint density at radius 3 is 2.36 bits per heavy atom. The van der Waals surface area contributed by atoms with Gasteiger partial charge in [0, 0.05) is 7.05 Å². The molecule has 0 aliphatic carbocycles. The lowest BCUT2D eigenvalue weighted by atomic mass is 10.9. The van der Waals surface area contributed by atoms with Crippen molar-refractivity contribution < 1.29 is 8.42 Å². The number of rotatable bonds is 1. The first kappa shape index (κ1) is 8.62. The number of aryl methyl sites for hydroxylation is 1. The predicted molar refractivity (Wildman–Crippen MR) is 40.1 cm³/mol. The lowest BCUT2D eigenvalue weighted by molar-refractivity contribution is 0.575. The number of hydrogen-bond donors (Lipinski definition) is 1. The van der Waals surface area contributed by atoms with Crippen LogP contribution in [-0.4, -0.2) is 23.4 Å². The van der Waals surface area contributed by atoms with Gasteiger partial charge in [0.2, 0.25) is 5.03 Å². The number of nitrogens with two attached hydrogens (primary N) is 1. The molecule has 6 nitrogen and oxygen atoms in total. The second-order valence-electron chi connectivity index (χ2n) is 1.85. The minimum Gasteiger partial charge on any atom is -0.235 e. The summed E-state index contributed by atoms with van der Waals surface area (Å²) in [7, 11) is -2.29. The van der Waals surface area contributed by atoms with Crippen molar-refractivity contribution in [1.82, 2.24) is 15.0 Å². The van der Waals surface area contributed by atoms with Crippen LogP contribution in [0.25, 0.3) is 0 Å². The summed E-state index contributed by atoms with van der Waals surface area (Å²) in [5.74, 6) is 0. The first-order valence-corrected chi connectivity index (χ1v) is 4.85. The maximum atomic E-state index is 10.8. The van der Waals surface area contributed by atoms with Crippen LogP contribution in [0, 0.1) is 0 Å². The van der Waals surface area contributed by atoms with Gasteiger partial charge in [0.05, 0.1) is 0 Å². The summed E-state index contributed by atoms with van der Waals surface area (Å²) in [6.45, 7) is 0. The standard InChI is InChI=1S/C3H5BrN4O2S/c1-8-3(11(5,9)10)2(4)6-7-8/h1H3,(H2,5,9,10). The lowest BCUT2D eigenvalue weighted by Gasteiger charge is -1.95. The Kier molecular flexibility index (Phi) is 1.99. The van der Waals surface area contributed by atoms with Crippen molar-refractivity contribution >= 4 is 26.0 Å². The van der Waals surface area contributed by atoms with Gasteiger partial charge in [0.1, 0.15) is 0 Å². The third-order valence-corrected chi connectivity index (χ3v) is 2.80. The van der Waals surface area contributed by atoms with Gasteiger partial charge in [-0.05, 0) is 15.9 Å². The Bertz CT molecular complexity index is 349. The van der Waals surface area contributed by atoms with Crippen molar-refractivity contribution in [2.24, 2.45) is 12.2 Å². The molecule has 0 aliphatic rings. The van der Waals surface area contributed by atoms with Gasteiger partial charge >= 0.3 is 0 Å². The summed E-state index contributed by atoms with van der Waals surface area (Å²) in [4.78, 5) is 0. The zero-order chi connectivity index (χ0) is 8.65. The average molecular weight is 241 g/mol. The van der Waals surface area contributed by atoms with Crippen LogP contribution >= 0.6 is 15.9 Å². The molecule has 1 aromatic heterocycles. The smallest absolute Gasteiger partial charge is 0.235 e. The highest BCUT2D eigenvalue weighted by Gasteiger charge is 2.18. The molecular formula is C3H5BrN4O2S. The van der Waals surface area contributed by atoms with Crippen LogP contribution in [0.1, 0.15) is 0 Å². The molecule has 11 heavy (non-hydrogen) atoms. The molecule has 0 amide bonds. The summed E-state index contributed by atoms with van der Waals surface area (Å²) in [6, 6.07) is 0. The van der Waals surface area contributed by atoms with Gasteiger partial charge in [-0.1, -0.05) is 5.21 Å². The molecule has 2 N–H and O–H groups in total. The van der Waals surface area contributed by atoms with Crippen molar-refractivity contribution in [3.05, 3.63) is 4.60 Å². The monoisotopic (exact) mass is 240 g/mol. The topological polar surface area (TPSA) is 90.9 Å². The molecule has 0 fully saturated rings. The molecule has 0 atom stereocenters. The van der Waals surface area contributed by atoms with Crippen molar-refractivity contribution in [2.45, 2.75) is 5.03 Å². The zero-order valence-electron chi connectivity index (χ0n) is 5.52. The van der Waals surface area contributed by atoms with E-state index in [-0.39, 0.29) is 9.63 Å². The third-order valence-electron chi connectivity index (χ3n) is 1.01. The molecule has 0 spiro atoms. The molecule has 0 radical (unpaired) electrons. The Labute approximate surface area is 71.6 Å². The van der Waals surface area contributed by atoms with E-state index in [4.69, 9.17) is 5.14 Å². The minimum absolute atomic E-state index is 0.127. The zero-order valence-corrected chi connectivity index (χ0v) is 7.92. The molecule has 0 bridgehead atoms. The quantitative estimate of drug-likeness (QED) is 0.698. The first-order chi connectivity index (χ1) is 4.93. The summed E-state index contributed by atoms with van der Waals surface area (Å²) in [6.07, 6.45) is 0. The molecule has 0 saturated carbocycles. The summed E-state index contributed by atoms with van der Waals surface area (Å²) in [5, 5.41) is 11.6. The minimum atomic E-state index is -3.73.